The molecule has 2 N–H and O–H groups in total. The maximum Gasteiger partial charge on any atom is 0.281 e. The Bertz CT molecular complexity index is 1140. The second-order valence-electron chi connectivity index (χ2n) is 6.36. The number of hydrogen-bond donors (Lipinski definition) is 2. The van der Waals surface area contributed by atoms with Gasteiger partial charge < -0.3 is 15.2 Å². The van der Waals surface area contributed by atoms with Crippen molar-refractivity contribution in [2.24, 2.45) is 0 Å². The van der Waals surface area contributed by atoms with Crippen LogP contribution in [-0.4, -0.2) is 16.9 Å². The van der Waals surface area contributed by atoms with Gasteiger partial charge in [0.05, 0.1) is 5.69 Å². The molecule has 0 unspecified atom stereocenters. The third-order valence-corrected chi connectivity index (χ3v) is 4.29. The van der Waals surface area contributed by atoms with Gasteiger partial charge in [0.2, 0.25) is 0 Å². The topological polar surface area (TPSA) is 78.9 Å². The van der Waals surface area contributed by atoms with Crippen molar-refractivity contribution in [3.05, 3.63) is 90.1 Å². The number of carbonyl (C=O) groups is 2. The van der Waals surface area contributed by atoms with Crippen LogP contribution in [0.5, 0.6) is 17.2 Å². The van der Waals surface area contributed by atoms with Crippen LogP contribution >= 0.6 is 0 Å². The van der Waals surface area contributed by atoms with E-state index in [-0.39, 0.29) is 11.4 Å². The average Bonchev–Trinajstić information content (AvgIpc) is 3.00. The summed E-state index contributed by atoms with van der Waals surface area (Å²) in [7, 11) is 0. The highest BCUT2D eigenvalue weighted by molar-refractivity contribution is 6.31. The Morgan fingerprint density at radius 3 is 2.10 bits per heavy atom. The van der Waals surface area contributed by atoms with Gasteiger partial charge >= 0.3 is 0 Å². The zero-order chi connectivity index (χ0) is 21.3. The van der Waals surface area contributed by atoms with Gasteiger partial charge in [0, 0.05) is 23.9 Å². The van der Waals surface area contributed by atoms with Gasteiger partial charge in [-0.05, 0) is 36.4 Å². The van der Waals surface area contributed by atoms with E-state index in [1.807, 2.05) is 18.2 Å². The lowest BCUT2D eigenvalue weighted by Crippen LogP contribution is -2.31. The van der Waals surface area contributed by atoms with Crippen LogP contribution in [-0.2, 0) is 9.59 Å². The quantitative estimate of drug-likeness (QED) is 0.485. The summed E-state index contributed by atoms with van der Waals surface area (Å²) in [5, 5.41) is 11.7. The zero-order valence-electron chi connectivity index (χ0n) is 15.3. The first kappa shape index (κ1) is 19.1. The Hall–Kier alpha value is -4.20. The average molecular weight is 408 g/mol. The molecule has 3 aromatic carbocycles. The highest BCUT2D eigenvalue weighted by atomic mass is 19.1. The van der Waals surface area contributed by atoms with E-state index in [9.17, 15) is 18.4 Å². The molecule has 1 aliphatic rings. The molecule has 6 nitrogen and oxygen atoms in total. The van der Waals surface area contributed by atoms with Gasteiger partial charge in [-0.15, -0.1) is 0 Å². The second kappa shape index (κ2) is 7.67. The van der Waals surface area contributed by atoms with Crippen LogP contribution in [0, 0.1) is 11.6 Å². The van der Waals surface area contributed by atoms with Crippen LogP contribution in [0.3, 0.4) is 0 Å². The molecule has 1 heterocycles. The Morgan fingerprint density at radius 2 is 1.47 bits per heavy atom. The number of hydrogen-bond acceptors (Lipinski definition) is 5. The summed E-state index contributed by atoms with van der Waals surface area (Å²) in [5.74, 6) is -3.65. The molecule has 4 rings (SSSR count). The lowest BCUT2D eigenvalue weighted by Gasteiger charge is -2.16. The predicted octanol–water partition coefficient (Wildman–Crippen LogP) is 4.33. The lowest BCUT2D eigenvalue weighted by molar-refractivity contribution is -0.120. The number of benzene rings is 3. The molecule has 150 valence electrons. The number of nitrogens with zero attached hydrogens (tertiary/aromatic N) is 1. The third kappa shape index (κ3) is 3.70. The first-order valence-corrected chi connectivity index (χ1v) is 8.80. The van der Waals surface area contributed by atoms with E-state index < -0.39 is 29.2 Å². The highest BCUT2D eigenvalue weighted by Gasteiger charge is 2.32. The Kier molecular flexibility index (Phi) is 4.89. The van der Waals surface area contributed by atoms with E-state index in [1.165, 1.54) is 0 Å². The monoisotopic (exact) mass is 408 g/mol. The molecule has 0 aromatic heterocycles. The normalized spacial score (nSPS) is 13.4. The number of ether oxygens (including phenoxy) is 1. The van der Waals surface area contributed by atoms with Crippen molar-refractivity contribution in [3.8, 4) is 17.2 Å². The van der Waals surface area contributed by atoms with Crippen LogP contribution in [0.1, 0.15) is 0 Å². The number of nitrogens with one attached hydrogen (secondary N) is 1. The number of imide groups is 1. The molecule has 0 spiro atoms. The summed E-state index contributed by atoms with van der Waals surface area (Å²) in [6.45, 7) is 0. The van der Waals surface area contributed by atoms with Crippen molar-refractivity contribution in [1.82, 2.24) is 0 Å². The molecule has 2 amide bonds. The van der Waals surface area contributed by atoms with Crippen LogP contribution in [0.4, 0.5) is 20.2 Å². The van der Waals surface area contributed by atoms with Crippen LogP contribution < -0.4 is 15.0 Å². The van der Waals surface area contributed by atoms with E-state index in [2.05, 4.69) is 5.32 Å². The SMILES string of the molecule is O=C1C=C(Nc2cc(F)c(O)c(F)c2)C(=O)N1c1ccc(Oc2ccccc2)cc1. The number of carbonyl (C=O) groups excluding carboxylic acids is 2. The molecular formula is C22H14F2N2O4. The number of para-hydroxylation sites is 1. The Morgan fingerprint density at radius 1 is 0.867 bits per heavy atom. The molecule has 0 saturated heterocycles. The largest absolute Gasteiger partial charge is 0.503 e. The fraction of sp³-hybridized carbons (Fsp3) is 0. The molecule has 0 fully saturated rings. The van der Waals surface area contributed by atoms with Crippen molar-refractivity contribution in [2.75, 3.05) is 10.2 Å². The van der Waals surface area contributed by atoms with Crippen molar-refractivity contribution < 1.29 is 28.2 Å². The van der Waals surface area contributed by atoms with Crippen molar-refractivity contribution in [1.29, 1.82) is 0 Å². The number of halogens is 2. The fourth-order valence-corrected chi connectivity index (χ4v) is 2.89. The highest BCUT2D eigenvalue weighted by Crippen LogP contribution is 2.29. The van der Waals surface area contributed by atoms with Gasteiger partial charge in [0.25, 0.3) is 11.8 Å². The summed E-state index contributed by atoms with van der Waals surface area (Å²) in [4.78, 5) is 25.9. The van der Waals surface area contributed by atoms with E-state index in [1.54, 1.807) is 36.4 Å². The number of amides is 2. The van der Waals surface area contributed by atoms with Crippen molar-refractivity contribution in [3.63, 3.8) is 0 Å². The Balaban J connectivity index is 1.50. The standard InChI is InChI=1S/C22H14F2N2O4/c23-17-10-13(11-18(24)21(17)28)25-19-12-20(27)26(22(19)29)14-6-8-16(9-7-14)30-15-4-2-1-3-5-15/h1-12,25,28H. The van der Waals surface area contributed by atoms with Crippen LogP contribution in [0.15, 0.2) is 78.5 Å². The van der Waals surface area contributed by atoms with Crippen molar-refractivity contribution >= 4 is 23.2 Å². The number of aromatic hydroxyl groups is 1. The van der Waals surface area contributed by atoms with E-state index in [0.717, 1.165) is 23.1 Å². The number of rotatable bonds is 5. The summed E-state index contributed by atoms with van der Waals surface area (Å²) < 4.78 is 32.7. The van der Waals surface area contributed by atoms with E-state index >= 15 is 0 Å². The predicted molar refractivity (Wildman–Crippen MR) is 105 cm³/mol. The number of phenolic OH excluding ortho intramolecular Hbond substituents is 1. The number of phenols is 1. The maximum atomic E-state index is 13.5. The minimum atomic E-state index is -1.19. The van der Waals surface area contributed by atoms with Gasteiger partial charge in [-0.25, -0.2) is 13.7 Å². The minimum Gasteiger partial charge on any atom is -0.503 e. The third-order valence-electron chi connectivity index (χ3n) is 4.29. The smallest absolute Gasteiger partial charge is 0.281 e. The first-order valence-electron chi connectivity index (χ1n) is 8.80. The summed E-state index contributed by atoms with van der Waals surface area (Å²) in [6.07, 6.45) is 1.03. The molecule has 0 saturated carbocycles. The molecule has 0 bridgehead atoms. The zero-order valence-corrected chi connectivity index (χ0v) is 15.3. The lowest BCUT2D eigenvalue weighted by atomic mass is 10.2. The van der Waals surface area contributed by atoms with E-state index in [4.69, 9.17) is 9.84 Å². The van der Waals surface area contributed by atoms with E-state index in [0.29, 0.717) is 17.2 Å². The molecule has 8 heteroatoms. The van der Waals surface area contributed by atoms with Crippen LogP contribution in [0.25, 0.3) is 0 Å². The molecule has 3 aromatic rings. The van der Waals surface area contributed by atoms with Gasteiger partial charge in [-0.3, -0.25) is 9.59 Å². The molecule has 0 atom stereocenters. The molecule has 1 aliphatic heterocycles. The van der Waals surface area contributed by atoms with Crippen molar-refractivity contribution in [2.45, 2.75) is 0 Å². The van der Waals surface area contributed by atoms with Gasteiger partial charge in [-0.1, -0.05) is 18.2 Å². The minimum absolute atomic E-state index is 0.122. The van der Waals surface area contributed by atoms with Gasteiger partial charge in [-0.2, -0.15) is 0 Å². The van der Waals surface area contributed by atoms with Gasteiger partial charge in [0.1, 0.15) is 17.2 Å². The first-order chi connectivity index (χ1) is 14.4. The molecular weight excluding hydrogens is 394 g/mol. The molecule has 0 radical (unpaired) electrons. The van der Waals surface area contributed by atoms with Crippen LogP contribution in [0.2, 0.25) is 0 Å². The number of anilines is 2. The fourth-order valence-electron chi connectivity index (χ4n) is 2.89. The summed E-state index contributed by atoms with van der Waals surface area (Å²) in [5.41, 5.74) is 0.0271. The molecule has 30 heavy (non-hydrogen) atoms. The Labute approximate surface area is 169 Å². The second-order valence-corrected chi connectivity index (χ2v) is 6.36. The summed E-state index contributed by atoms with van der Waals surface area (Å²) >= 11 is 0. The molecule has 0 aliphatic carbocycles. The van der Waals surface area contributed by atoms with Gasteiger partial charge in [0.15, 0.2) is 17.4 Å². The maximum absolute atomic E-state index is 13.5. The summed E-state index contributed by atoms with van der Waals surface area (Å²) in [6, 6.07) is 17.0.